The van der Waals surface area contributed by atoms with E-state index in [-0.39, 0.29) is 0 Å². The van der Waals surface area contributed by atoms with Gasteiger partial charge in [-0.2, -0.15) is 0 Å². The van der Waals surface area contributed by atoms with Crippen molar-refractivity contribution in [2.75, 3.05) is 39.9 Å². The highest BCUT2D eigenvalue weighted by Gasteiger charge is 2.24. The van der Waals surface area contributed by atoms with Crippen LogP contribution in [0, 0.1) is 0 Å². The van der Waals surface area contributed by atoms with Crippen molar-refractivity contribution in [1.29, 1.82) is 0 Å². The molecule has 0 aromatic carbocycles. The number of ether oxygens (including phenoxy) is 1. The first kappa shape index (κ1) is 23.0. The summed E-state index contributed by atoms with van der Waals surface area (Å²) in [7, 11) is -4.18. The lowest BCUT2D eigenvalue weighted by atomic mass is 10.2. The molecule has 0 saturated heterocycles. The second kappa shape index (κ2) is 13.4. The van der Waals surface area contributed by atoms with Crippen LogP contribution >= 0.6 is 0 Å². The highest BCUT2D eigenvalue weighted by atomic mass is 19.5. The maximum Gasteiger partial charge on any atom is 0.673 e. The average molecular weight is 317 g/mol. The van der Waals surface area contributed by atoms with Crippen molar-refractivity contribution < 1.29 is 26.5 Å². The number of rotatable bonds is 11. The third-order valence-corrected chi connectivity index (χ3v) is 3.44. The first-order chi connectivity index (χ1) is 9.74. The molecule has 0 aromatic heterocycles. The quantitative estimate of drug-likeness (QED) is 0.303. The molecule has 0 heterocycles. The molecular formula is C14H32BF4NO. The predicted molar refractivity (Wildman–Crippen MR) is 81.9 cm³/mol. The summed E-state index contributed by atoms with van der Waals surface area (Å²) in [5.41, 5.74) is 0. The number of quaternary nitrogens is 1. The van der Waals surface area contributed by atoms with Gasteiger partial charge in [-0.3, -0.25) is 0 Å². The van der Waals surface area contributed by atoms with Gasteiger partial charge in [-0.25, -0.2) is 0 Å². The summed E-state index contributed by atoms with van der Waals surface area (Å²) in [6.45, 7) is 13.0. The van der Waals surface area contributed by atoms with E-state index in [0.717, 1.165) is 6.61 Å². The standard InChI is InChI=1S/C14H32NO.BF4/c1-5-8-11-15(10-7-3,12-9-6-2)13-14-16-4;2-1(3,4)5/h5-14H2,1-4H3;/q+1;-1. The molecule has 0 bridgehead atoms. The van der Waals surface area contributed by atoms with Crippen LogP contribution in [0.15, 0.2) is 0 Å². The van der Waals surface area contributed by atoms with Gasteiger partial charge in [0.05, 0.1) is 26.2 Å². The molecule has 0 aliphatic heterocycles. The lowest BCUT2D eigenvalue weighted by molar-refractivity contribution is -0.929. The fourth-order valence-corrected chi connectivity index (χ4v) is 2.42. The van der Waals surface area contributed by atoms with Crippen LogP contribution in [0.2, 0.25) is 0 Å². The summed E-state index contributed by atoms with van der Waals surface area (Å²) in [6, 6.07) is 0. The zero-order valence-electron chi connectivity index (χ0n) is 14.0. The highest BCUT2D eigenvalue weighted by molar-refractivity contribution is 6.50. The summed E-state index contributed by atoms with van der Waals surface area (Å²) >= 11 is 0. The Morgan fingerprint density at radius 1 is 0.762 bits per heavy atom. The van der Waals surface area contributed by atoms with Gasteiger partial charge in [-0.1, -0.05) is 33.6 Å². The van der Waals surface area contributed by atoms with E-state index in [2.05, 4.69) is 20.8 Å². The minimum absolute atomic E-state index is 0.910. The molecule has 0 radical (unpaired) electrons. The summed E-state index contributed by atoms with van der Waals surface area (Å²) in [6.07, 6.45) is 6.61. The summed E-state index contributed by atoms with van der Waals surface area (Å²) < 4.78 is 45.6. The van der Waals surface area contributed by atoms with Gasteiger partial charge in [0.1, 0.15) is 6.54 Å². The molecule has 0 rings (SSSR count). The maximum atomic E-state index is 9.75. The van der Waals surface area contributed by atoms with E-state index in [4.69, 9.17) is 4.74 Å². The molecule has 0 saturated carbocycles. The summed E-state index contributed by atoms with van der Waals surface area (Å²) in [4.78, 5) is 0. The molecule has 0 aliphatic rings. The minimum Gasteiger partial charge on any atom is -0.418 e. The molecule has 21 heavy (non-hydrogen) atoms. The van der Waals surface area contributed by atoms with Crippen molar-refractivity contribution in [2.45, 2.75) is 52.9 Å². The Hall–Kier alpha value is -0.295. The molecule has 7 heteroatoms. The topological polar surface area (TPSA) is 9.23 Å². The Labute approximate surface area is 127 Å². The van der Waals surface area contributed by atoms with Crippen molar-refractivity contribution in [3.05, 3.63) is 0 Å². The zero-order chi connectivity index (χ0) is 16.8. The summed E-state index contributed by atoms with van der Waals surface area (Å²) in [5, 5.41) is 0. The molecule has 0 aromatic rings. The van der Waals surface area contributed by atoms with E-state index in [1.54, 1.807) is 0 Å². The fourth-order valence-electron chi connectivity index (χ4n) is 2.42. The van der Waals surface area contributed by atoms with Crippen LogP contribution in [0.5, 0.6) is 0 Å². The van der Waals surface area contributed by atoms with E-state index < -0.39 is 7.25 Å². The summed E-state index contributed by atoms with van der Waals surface area (Å²) in [5.74, 6) is 0. The first-order valence-electron chi connectivity index (χ1n) is 7.96. The Morgan fingerprint density at radius 2 is 1.19 bits per heavy atom. The first-order valence-corrected chi connectivity index (χ1v) is 7.96. The molecule has 0 aliphatic carbocycles. The van der Waals surface area contributed by atoms with Gasteiger partial charge >= 0.3 is 7.25 Å². The molecule has 2 nitrogen and oxygen atoms in total. The van der Waals surface area contributed by atoms with Gasteiger partial charge in [0, 0.05) is 7.11 Å². The molecule has 0 spiro atoms. The number of halogens is 4. The average Bonchev–Trinajstić information content (AvgIpc) is 2.38. The fraction of sp³-hybridized carbons (Fsp3) is 1.00. The minimum atomic E-state index is -6.00. The maximum absolute atomic E-state index is 9.75. The monoisotopic (exact) mass is 317 g/mol. The van der Waals surface area contributed by atoms with Crippen molar-refractivity contribution in [3.63, 3.8) is 0 Å². The third kappa shape index (κ3) is 17.7. The van der Waals surface area contributed by atoms with Gasteiger partial charge in [0.25, 0.3) is 0 Å². The Balaban J connectivity index is 0. The van der Waals surface area contributed by atoms with Crippen molar-refractivity contribution in [1.82, 2.24) is 0 Å². The number of nitrogens with zero attached hydrogens (tertiary/aromatic N) is 1. The van der Waals surface area contributed by atoms with Gasteiger partial charge in [0.15, 0.2) is 0 Å². The largest absolute Gasteiger partial charge is 0.673 e. The van der Waals surface area contributed by atoms with Gasteiger partial charge in [-0.15, -0.1) is 0 Å². The smallest absolute Gasteiger partial charge is 0.418 e. The van der Waals surface area contributed by atoms with Crippen LogP contribution < -0.4 is 0 Å². The van der Waals surface area contributed by atoms with Gasteiger partial charge in [-0.05, 0) is 19.3 Å². The Morgan fingerprint density at radius 3 is 1.48 bits per heavy atom. The van der Waals surface area contributed by atoms with E-state index in [1.165, 1.54) is 62.8 Å². The molecule has 0 fully saturated rings. The SMILES string of the molecule is CCCC[N+](CCC)(CCCC)CCOC.F[B-](F)(F)F. The highest BCUT2D eigenvalue weighted by Crippen LogP contribution is 2.13. The Kier molecular flexibility index (Phi) is 14.6. The second-order valence-corrected chi connectivity index (χ2v) is 5.43. The lowest BCUT2D eigenvalue weighted by Gasteiger charge is -2.38. The number of unbranched alkanes of at least 4 members (excludes halogenated alkanes) is 2. The van der Waals surface area contributed by atoms with Gasteiger partial charge in [0.2, 0.25) is 0 Å². The van der Waals surface area contributed by atoms with Crippen LogP contribution in [0.3, 0.4) is 0 Å². The zero-order valence-corrected chi connectivity index (χ0v) is 14.0. The van der Waals surface area contributed by atoms with Crippen molar-refractivity contribution >= 4 is 7.25 Å². The van der Waals surface area contributed by atoms with Crippen LogP contribution in [0.4, 0.5) is 17.3 Å². The molecule has 130 valence electrons. The second-order valence-electron chi connectivity index (χ2n) is 5.43. The number of hydrogen-bond acceptors (Lipinski definition) is 1. The van der Waals surface area contributed by atoms with Crippen LogP contribution in [-0.2, 0) is 4.74 Å². The number of methoxy groups -OCH3 is 1. The van der Waals surface area contributed by atoms with Crippen LogP contribution in [-0.4, -0.2) is 51.6 Å². The third-order valence-electron chi connectivity index (χ3n) is 3.44. The van der Waals surface area contributed by atoms with Gasteiger partial charge < -0.3 is 26.5 Å². The molecular weight excluding hydrogens is 285 g/mol. The molecule has 0 atom stereocenters. The van der Waals surface area contributed by atoms with Crippen molar-refractivity contribution in [3.8, 4) is 0 Å². The number of hydrogen-bond donors (Lipinski definition) is 0. The van der Waals surface area contributed by atoms with E-state index in [0.29, 0.717) is 0 Å². The molecule has 0 amide bonds. The van der Waals surface area contributed by atoms with Crippen LogP contribution in [0.25, 0.3) is 0 Å². The normalized spacial score (nSPS) is 12.0. The predicted octanol–water partition coefficient (Wildman–Crippen LogP) is 4.76. The molecule has 0 N–H and O–H groups in total. The van der Waals surface area contributed by atoms with E-state index >= 15 is 0 Å². The van der Waals surface area contributed by atoms with Crippen LogP contribution in [0.1, 0.15) is 52.9 Å². The Bertz CT molecular complexity index is 200. The van der Waals surface area contributed by atoms with Crippen molar-refractivity contribution in [2.24, 2.45) is 0 Å². The van der Waals surface area contributed by atoms with E-state index in [1.807, 2.05) is 7.11 Å². The van der Waals surface area contributed by atoms with E-state index in [9.17, 15) is 17.3 Å². The lowest BCUT2D eigenvalue weighted by Crippen LogP contribution is -2.51. The molecule has 0 unspecified atom stereocenters.